The lowest BCUT2D eigenvalue weighted by Gasteiger charge is -2.15. The maximum absolute atomic E-state index is 11.9. The van der Waals surface area contributed by atoms with E-state index in [1.807, 2.05) is 49.4 Å². The van der Waals surface area contributed by atoms with E-state index in [-0.39, 0.29) is 5.91 Å². The summed E-state index contributed by atoms with van der Waals surface area (Å²) in [7, 11) is 3.42. The Kier molecular flexibility index (Phi) is 7.27. The number of carbonyl (C=O) groups is 1. The molecule has 1 heterocycles. The average molecular weight is 479 g/mol. The lowest BCUT2D eigenvalue weighted by Crippen LogP contribution is -2.18. The molecule has 31 heavy (non-hydrogen) atoms. The molecule has 3 aromatic rings. The van der Waals surface area contributed by atoms with Gasteiger partial charge >= 0.3 is 0 Å². The van der Waals surface area contributed by atoms with Gasteiger partial charge < -0.3 is 15.0 Å². The quantitative estimate of drug-likeness (QED) is 0.472. The SMILES string of the molecule is CCOc1cc2ncc(C#N)c(Nc3cccc(Br)c3)c2cc1C/C=C/C(=O)N(C)C. The van der Waals surface area contributed by atoms with E-state index in [2.05, 4.69) is 32.3 Å². The van der Waals surface area contributed by atoms with Gasteiger partial charge in [0, 0.05) is 41.9 Å². The molecule has 1 N–H and O–H groups in total. The third-order valence-corrected chi connectivity index (χ3v) is 5.10. The average Bonchev–Trinajstić information content (AvgIpc) is 2.74. The molecule has 0 fully saturated rings. The number of rotatable bonds is 7. The Morgan fingerprint density at radius 3 is 2.81 bits per heavy atom. The summed E-state index contributed by atoms with van der Waals surface area (Å²) in [6.07, 6.45) is 5.44. The van der Waals surface area contributed by atoms with Crippen LogP contribution in [0.5, 0.6) is 5.75 Å². The number of hydrogen-bond donors (Lipinski definition) is 1. The fourth-order valence-corrected chi connectivity index (χ4v) is 3.48. The van der Waals surface area contributed by atoms with Crippen molar-refractivity contribution in [2.24, 2.45) is 0 Å². The van der Waals surface area contributed by atoms with Gasteiger partial charge in [-0.1, -0.05) is 28.1 Å². The Morgan fingerprint density at radius 1 is 1.32 bits per heavy atom. The molecule has 0 atom stereocenters. The van der Waals surface area contributed by atoms with Gasteiger partial charge in [0.05, 0.1) is 23.4 Å². The van der Waals surface area contributed by atoms with Crippen molar-refractivity contribution in [1.29, 1.82) is 5.26 Å². The predicted molar refractivity (Wildman–Crippen MR) is 127 cm³/mol. The van der Waals surface area contributed by atoms with Crippen LogP contribution in [0.15, 0.2) is 59.2 Å². The summed E-state index contributed by atoms with van der Waals surface area (Å²) in [6.45, 7) is 2.43. The second kappa shape index (κ2) is 10.1. The van der Waals surface area contributed by atoms with Gasteiger partial charge in [-0.15, -0.1) is 0 Å². The second-order valence-electron chi connectivity index (χ2n) is 7.04. The molecule has 0 aliphatic heterocycles. The summed E-state index contributed by atoms with van der Waals surface area (Å²) in [6, 6.07) is 13.8. The van der Waals surface area contributed by atoms with E-state index in [0.717, 1.165) is 26.6 Å². The number of likely N-dealkylation sites (N-methyl/N-ethyl adjacent to an activating group) is 1. The number of allylic oxidation sites excluding steroid dienone is 1. The molecule has 0 radical (unpaired) electrons. The first-order valence-corrected chi connectivity index (χ1v) is 10.6. The van der Waals surface area contributed by atoms with Crippen LogP contribution in [0.3, 0.4) is 0 Å². The summed E-state index contributed by atoms with van der Waals surface area (Å²) < 4.78 is 6.75. The molecular weight excluding hydrogens is 456 g/mol. The van der Waals surface area contributed by atoms with Gasteiger partial charge in [0.25, 0.3) is 0 Å². The Bertz CT molecular complexity index is 1180. The zero-order valence-electron chi connectivity index (χ0n) is 17.6. The van der Waals surface area contributed by atoms with Gasteiger partial charge in [-0.25, -0.2) is 0 Å². The summed E-state index contributed by atoms with van der Waals surface area (Å²) >= 11 is 3.48. The van der Waals surface area contributed by atoms with Crippen molar-refractivity contribution in [3.8, 4) is 11.8 Å². The molecule has 0 aliphatic rings. The number of nitrogens with one attached hydrogen (secondary N) is 1. The zero-order chi connectivity index (χ0) is 22.4. The minimum absolute atomic E-state index is 0.0795. The number of amides is 1. The number of halogens is 1. The molecule has 6 nitrogen and oxygen atoms in total. The topological polar surface area (TPSA) is 78.2 Å². The molecule has 3 rings (SSSR count). The third-order valence-electron chi connectivity index (χ3n) is 4.60. The summed E-state index contributed by atoms with van der Waals surface area (Å²) in [4.78, 5) is 17.8. The molecule has 0 spiro atoms. The first-order valence-electron chi connectivity index (χ1n) is 9.82. The molecule has 1 amide bonds. The van der Waals surface area contributed by atoms with E-state index >= 15 is 0 Å². The molecular formula is C24H23BrN4O2. The Morgan fingerprint density at radius 2 is 2.13 bits per heavy atom. The molecule has 0 saturated heterocycles. The first-order chi connectivity index (χ1) is 14.9. The van der Waals surface area contributed by atoms with E-state index in [4.69, 9.17) is 4.74 Å². The van der Waals surface area contributed by atoms with E-state index < -0.39 is 0 Å². The molecule has 7 heteroatoms. The van der Waals surface area contributed by atoms with Crippen molar-refractivity contribution in [2.45, 2.75) is 13.3 Å². The number of aromatic nitrogens is 1. The van der Waals surface area contributed by atoms with E-state index in [9.17, 15) is 10.1 Å². The minimum atomic E-state index is -0.0795. The lowest BCUT2D eigenvalue weighted by molar-refractivity contribution is -0.123. The number of pyridine rings is 1. The molecule has 0 saturated carbocycles. The van der Waals surface area contributed by atoms with Gasteiger partial charge in [0.1, 0.15) is 11.8 Å². The molecule has 0 bridgehead atoms. The first kappa shape index (κ1) is 22.3. The monoisotopic (exact) mass is 478 g/mol. The van der Waals surface area contributed by atoms with Crippen LogP contribution >= 0.6 is 15.9 Å². The highest BCUT2D eigenvalue weighted by molar-refractivity contribution is 9.10. The molecule has 0 aliphatic carbocycles. The van der Waals surface area contributed by atoms with Crippen LogP contribution in [0.1, 0.15) is 18.1 Å². The van der Waals surface area contributed by atoms with Crippen molar-refractivity contribution in [3.63, 3.8) is 0 Å². The Balaban J connectivity index is 2.09. The number of nitrogens with zero attached hydrogens (tertiary/aromatic N) is 3. The van der Waals surface area contributed by atoms with Gasteiger partial charge in [0.15, 0.2) is 0 Å². The van der Waals surface area contributed by atoms with Crippen LogP contribution in [0.4, 0.5) is 11.4 Å². The fraction of sp³-hybridized carbons (Fsp3) is 0.208. The summed E-state index contributed by atoms with van der Waals surface area (Å²) in [5, 5.41) is 13.8. The highest BCUT2D eigenvalue weighted by Gasteiger charge is 2.14. The van der Waals surface area contributed by atoms with E-state index in [1.165, 1.54) is 4.90 Å². The number of hydrogen-bond acceptors (Lipinski definition) is 5. The van der Waals surface area contributed by atoms with Crippen molar-refractivity contribution in [1.82, 2.24) is 9.88 Å². The van der Waals surface area contributed by atoms with Gasteiger partial charge in [-0.3, -0.25) is 9.78 Å². The van der Waals surface area contributed by atoms with Crippen molar-refractivity contribution in [3.05, 3.63) is 70.3 Å². The second-order valence-corrected chi connectivity index (χ2v) is 7.96. The molecule has 2 aromatic carbocycles. The van der Waals surface area contributed by atoms with Crippen molar-refractivity contribution < 1.29 is 9.53 Å². The summed E-state index contributed by atoms with van der Waals surface area (Å²) in [5.74, 6) is 0.631. The number of fused-ring (bicyclic) bond motifs is 1. The Labute approximate surface area is 190 Å². The van der Waals surface area contributed by atoms with Gasteiger partial charge in [-0.05, 0) is 49.2 Å². The molecule has 158 valence electrons. The third kappa shape index (κ3) is 5.41. The highest BCUT2D eigenvalue weighted by atomic mass is 79.9. The largest absolute Gasteiger partial charge is 0.494 e. The molecule has 0 unspecified atom stereocenters. The highest BCUT2D eigenvalue weighted by Crippen LogP contribution is 2.34. The van der Waals surface area contributed by atoms with E-state index in [0.29, 0.717) is 30.0 Å². The van der Waals surface area contributed by atoms with Crippen molar-refractivity contribution >= 4 is 44.1 Å². The smallest absolute Gasteiger partial charge is 0.245 e. The number of anilines is 2. The lowest BCUT2D eigenvalue weighted by atomic mass is 10.0. The maximum Gasteiger partial charge on any atom is 0.245 e. The van der Waals surface area contributed by atoms with Crippen LogP contribution in [0, 0.1) is 11.3 Å². The van der Waals surface area contributed by atoms with Crippen LogP contribution in [0.25, 0.3) is 10.9 Å². The number of benzene rings is 2. The number of nitriles is 1. The minimum Gasteiger partial charge on any atom is -0.494 e. The maximum atomic E-state index is 11.9. The zero-order valence-corrected chi connectivity index (χ0v) is 19.2. The molecule has 1 aromatic heterocycles. The number of ether oxygens (including phenoxy) is 1. The van der Waals surface area contributed by atoms with Crippen LogP contribution in [-0.2, 0) is 11.2 Å². The predicted octanol–water partition coefficient (Wildman–Crippen LogP) is 5.20. The fourth-order valence-electron chi connectivity index (χ4n) is 3.08. The Hall–Kier alpha value is -3.37. The van der Waals surface area contributed by atoms with Gasteiger partial charge in [-0.2, -0.15) is 5.26 Å². The van der Waals surface area contributed by atoms with Crippen LogP contribution < -0.4 is 10.1 Å². The van der Waals surface area contributed by atoms with Crippen LogP contribution in [-0.4, -0.2) is 36.5 Å². The summed E-state index contributed by atoms with van der Waals surface area (Å²) in [5.41, 5.74) is 3.61. The van der Waals surface area contributed by atoms with Gasteiger partial charge in [0.2, 0.25) is 5.91 Å². The normalized spacial score (nSPS) is 10.8. The standard InChI is InChI=1S/C24H23BrN4O2/c1-4-31-22-13-21-20(11-16(22)7-5-10-23(30)29(2)3)24(17(14-26)15-27-21)28-19-9-6-8-18(25)12-19/h5-6,8-13,15H,4,7H2,1-3H3,(H,27,28)/b10-5+. The number of carbonyl (C=O) groups excluding carboxylic acids is 1. The van der Waals surface area contributed by atoms with Crippen LogP contribution in [0.2, 0.25) is 0 Å². The van der Waals surface area contributed by atoms with Crippen molar-refractivity contribution in [2.75, 3.05) is 26.0 Å². The van der Waals surface area contributed by atoms with E-state index in [1.54, 1.807) is 26.4 Å².